The molecule has 1 N–H and O–H groups in total. The maximum Gasteiger partial charge on any atom is 0.0497 e. The Morgan fingerprint density at radius 1 is 1.22 bits per heavy atom. The van der Waals surface area contributed by atoms with Gasteiger partial charge in [0.2, 0.25) is 0 Å². The zero-order valence-corrected chi connectivity index (χ0v) is 12.2. The third kappa shape index (κ3) is 4.79. The number of rotatable bonds is 7. The van der Waals surface area contributed by atoms with Gasteiger partial charge < -0.3 is 10.0 Å². The summed E-state index contributed by atoms with van der Waals surface area (Å²) in [7, 11) is 2.13. The van der Waals surface area contributed by atoms with Crippen LogP contribution in [0.25, 0.3) is 0 Å². The summed E-state index contributed by atoms with van der Waals surface area (Å²) in [6, 6.07) is 8.67. The molecule has 1 aromatic carbocycles. The van der Waals surface area contributed by atoms with Gasteiger partial charge in [-0.1, -0.05) is 50.1 Å². The number of aliphatic hydroxyl groups excluding tert-OH is 1. The van der Waals surface area contributed by atoms with E-state index in [9.17, 15) is 5.11 Å². The molecule has 102 valence electrons. The van der Waals surface area contributed by atoms with Gasteiger partial charge in [-0.15, -0.1) is 0 Å². The van der Waals surface area contributed by atoms with Crippen LogP contribution in [0.15, 0.2) is 24.3 Å². The Morgan fingerprint density at radius 3 is 2.33 bits per heavy atom. The van der Waals surface area contributed by atoms with Crippen molar-refractivity contribution in [2.45, 2.75) is 40.2 Å². The minimum absolute atomic E-state index is 0.0220. The second-order valence-corrected chi connectivity index (χ2v) is 5.88. The second-order valence-electron chi connectivity index (χ2n) is 5.88. The summed E-state index contributed by atoms with van der Waals surface area (Å²) < 4.78 is 0. The fraction of sp³-hybridized carbons (Fsp3) is 0.625. The van der Waals surface area contributed by atoms with Crippen LogP contribution in [0, 0.1) is 12.3 Å². The van der Waals surface area contributed by atoms with E-state index in [2.05, 4.69) is 57.0 Å². The third-order valence-electron chi connectivity index (χ3n) is 3.46. The zero-order chi connectivity index (χ0) is 13.6. The molecule has 0 saturated carbocycles. The van der Waals surface area contributed by atoms with Crippen molar-refractivity contribution in [1.29, 1.82) is 0 Å². The molecule has 0 aromatic heterocycles. The first-order valence-electron chi connectivity index (χ1n) is 6.84. The first-order chi connectivity index (χ1) is 8.49. The second kappa shape index (κ2) is 6.91. The van der Waals surface area contributed by atoms with Gasteiger partial charge in [0.25, 0.3) is 0 Å². The lowest BCUT2D eigenvalue weighted by molar-refractivity contribution is 0.0878. The van der Waals surface area contributed by atoms with Crippen molar-refractivity contribution < 1.29 is 5.11 Å². The molecule has 2 nitrogen and oxygen atoms in total. The van der Waals surface area contributed by atoms with E-state index in [4.69, 9.17) is 0 Å². The average molecular weight is 249 g/mol. The molecule has 1 aromatic rings. The van der Waals surface area contributed by atoms with E-state index in [1.54, 1.807) is 0 Å². The van der Waals surface area contributed by atoms with Gasteiger partial charge in [-0.2, -0.15) is 0 Å². The first kappa shape index (κ1) is 15.2. The monoisotopic (exact) mass is 249 g/mol. The molecule has 0 bridgehead atoms. The van der Waals surface area contributed by atoms with Crippen molar-refractivity contribution in [1.82, 2.24) is 4.90 Å². The van der Waals surface area contributed by atoms with Crippen LogP contribution in [-0.4, -0.2) is 30.2 Å². The van der Waals surface area contributed by atoms with Crippen LogP contribution in [0.4, 0.5) is 0 Å². The van der Waals surface area contributed by atoms with Crippen molar-refractivity contribution in [3.63, 3.8) is 0 Å². The summed E-state index contributed by atoms with van der Waals surface area (Å²) in [5.41, 5.74) is 2.65. The molecule has 0 aliphatic carbocycles. The maximum absolute atomic E-state index is 9.54. The highest BCUT2D eigenvalue weighted by molar-refractivity contribution is 5.21. The van der Waals surface area contributed by atoms with Crippen molar-refractivity contribution >= 4 is 0 Å². The van der Waals surface area contributed by atoms with Gasteiger partial charge in [0.1, 0.15) is 0 Å². The van der Waals surface area contributed by atoms with E-state index in [0.29, 0.717) is 0 Å². The quantitative estimate of drug-likeness (QED) is 0.802. The molecule has 0 heterocycles. The number of hydrogen-bond donors (Lipinski definition) is 1. The minimum Gasteiger partial charge on any atom is -0.396 e. The first-order valence-corrected chi connectivity index (χ1v) is 6.84. The van der Waals surface area contributed by atoms with E-state index < -0.39 is 0 Å². The number of benzene rings is 1. The predicted molar refractivity (Wildman–Crippen MR) is 77.6 cm³/mol. The van der Waals surface area contributed by atoms with Crippen LogP contribution in [0.3, 0.4) is 0 Å². The van der Waals surface area contributed by atoms with E-state index >= 15 is 0 Å². The van der Waals surface area contributed by atoms with E-state index in [0.717, 1.165) is 25.9 Å². The zero-order valence-electron chi connectivity index (χ0n) is 12.2. The third-order valence-corrected chi connectivity index (χ3v) is 3.46. The van der Waals surface area contributed by atoms with Gasteiger partial charge in [-0.05, 0) is 26.0 Å². The smallest absolute Gasteiger partial charge is 0.0497 e. The highest BCUT2D eigenvalue weighted by Crippen LogP contribution is 2.24. The van der Waals surface area contributed by atoms with Crippen LogP contribution in [0.5, 0.6) is 0 Å². The topological polar surface area (TPSA) is 23.5 Å². The van der Waals surface area contributed by atoms with Crippen LogP contribution >= 0.6 is 0 Å². The molecule has 0 aliphatic rings. The Bertz CT molecular complexity index is 347. The van der Waals surface area contributed by atoms with Crippen molar-refractivity contribution in [2.24, 2.45) is 5.41 Å². The van der Waals surface area contributed by atoms with Crippen LogP contribution < -0.4 is 0 Å². The molecule has 1 unspecified atom stereocenters. The van der Waals surface area contributed by atoms with Crippen LogP contribution in [0.2, 0.25) is 0 Å². The lowest BCUT2D eigenvalue weighted by Crippen LogP contribution is -2.35. The van der Waals surface area contributed by atoms with E-state index in [1.807, 2.05) is 0 Å². The Kier molecular flexibility index (Phi) is 5.83. The molecule has 0 saturated heterocycles. The Hall–Kier alpha value is -0.860. The van der Waals surface area contributed by atoms with E-state index in [-0.39, 0.29) is 12.0 Å². The molecule has 0 spiro atoms. The summed E-state index contributed by atoms with van der Waals surface area (Å²) in [5.74, 6) is 0. The van der Waals surface area contributed by atoms with Crippen molar-refractivity contribution in [3.05, 3.63) is 35.4 Å². The fourth-order valence-electron chi connectivity index (χ4n) is 2.52. The summed E-state index contributed by atoms with van der Waals surface area (Å²) in [5, 5.41) is 9.54. The maximum atomic E-state index is 9.54. The molecule has 1 rings (SSSR count). The Balaban J connectivity index is 2.54. The number of hydrogen-bond acceptors (Lipinski definition) is 2. The van der Waals surface area contributed by atoms with Crippen LogP contribution in [-0.2, 0) is 6.54 Å². The van der Waals surface area contributed by atoms with Gasteiger partial charge in [-0.25, -0.2) is 0 Å². The largest absolute Gasteiger partial charge is 0.396 e. The average Bonchev–Trinajstić information content (AvgIpc) is 2.32. The number of nitrogens with zero attached hydrogens (tertiary/aromatic N) is 1. The Morgan fingerprint density at radius 2 is 1.83 bits per heavy atom. The molecule has 0 radical (unpaired) electrons. The van der Waals surface area contributed by atoms with Crippen molar-refractivity contribution in [3.8, 4) is 0 Å². The summed E-state index contributed by atoms with van der Waals surface area (Å²) in [6.07, 6.45) is 2.19. The molecular weight excluding hydrogens is 222 g/mol. The molecule has 0 fully saturated rings. The number of aryl methyl sites for hydroxylation is 1. The SMILES string of the molecule is CCCC(C)(CO)CN(C)Cc1ccc(C)cc1. The summed E-state index contributed by atoms with van der Waals surface area (Å²) >= 11 is 0. The lowest BCUT2D eigenvalue weighted by Gasteiger charge is -2.32. The standard InChI is InChI=1S/C16H27NO/c1-5-10-16(3,13-18)12-17(4)11-15-8-6-14(2)7-9-15/h6-9,18H,5,10-13H2,1-4H3. The summed E-state index contributed by atoms with van der Waals surface area (Å²) in [6.45, 7) is 8.59. The Labute approximate surface area is 112 Å². The van der Waals surface area contributed by atoms with Gasteiger partial charge in [0.15, 0.2) is 0 Å². The molecule has 0 amide bonds. The highest BCUT2D eigenvalue weighted by Gasteiger charge is 2.24. The van der Waals surface area contributed by atoms with Gasteiger partial charge >= 0.3 is 0 Å². The van der Waals surface area contributed by atoms with Crippen molar-refractivity contribution in [2.75, 3.05) is 20.2 Å². The molecule has 0 aliphatic heterocycles. The lowest BCUT2D eigenvalue weighted by atomic mass is 9.86. The van der Waals surface area contributed by atoms with Gasteiger partial charge in [-0.3, -0.25) is 0 Å². The van der Waals surface area contributed by atoms with E-state index in [1.165, 1.54) is 11.1 Å². The highest BCUT2D eigenvalue weighted by atomic mass is 16.3. The minimum atomic E-state index is 0.0220. The number of aliphatic hydroxyl groups is 1. The fourth-order valence-corrected chi connectivity index (χ4v) is 2.52. The molecular formula is C16H27NO. The summed E-state index contributed by atoms with van der Waals surface area (Å²) in [4.78, 5) is 2.30. The van der Waals surface area contributed by atoms with Gasteiger partial charge in [0.05, 0.1) is 0 Å². The predicted octanol–water partition coefficient (Wildman–Crippen LogP) is 3.23. The normalized spacial score (nSPS) is 14.8. The molecule has 1 atom stereocenters. The van der Waals surface area contributed by atoms with Gasteiger partial charge in [0, 0.05) is 25.1 Å². The molecule has 2 heteroatoms. The molecule has 18 heavy (non-hydrogen) atoms. The van der Waals surface area contributed by atoms with Crippen LogP contribution in [0.1, 0.15) is 37.8 Å².